The molecule has 1 aromatic heterocycles. The van der Waals surface area contributed by atoms with E-state index in [2.05, 4.69) is 21.2 Å². The number of hydrogen-bond acceptors (Lipinski definition) is 2. The van der Waals surface area contributed by atoms with Gasteiger partial charge in [-0.3, -0.25) is 4.79 Å². The molecule has 0 aliphatic heterocycles. The molecule has 0 unspecified atom stereocenters. The van der Waals surface area contributed by atoms with E-state index in [0.29, 0.717) is 10.7 Å². The smallest absolute Gasteiger partial charge is 0.266 e. The molecule has 94 valence electrons. The van der Waals surface area contributed by atoms with Crippen molar-refractivity contribution in [3.05, 3.63) is 49.6 Å². The highest BCUT2D eigenvalue weighted by atomic mass is 79.9. The molecule has 0 saturated heterocycles. The van der Waals surface area contributed by atoms with Crippen LogP contribution in [0, 0.1) is 0 Å². The Morgan fingerprint density at radius 2 is 2.22 bits per heavy atom. The van der Waals surface area contributed by atoms with Crippen LogP contribution in [0.3, 0.4) is 0 Å². The first-order valence-electron chi connectivity index (χ1n) is 5.44. The predicted octanol–water partition coefficient (Wildman–Crippen LogP) is 4.98. The van der Waals surface area contributed by atoms with E-state index in [4.69, 9.17) is 11.6 Å². The molecule has 0 radical (unpaired) electrons. The molecular weight excluding hydrogens is 334 g/mol. The van der Waals surface area contributed by atoms with Crippen molar-refractivity contribution in [2.75, 3.05) is 5.32 Å². The lowest BCUT2D eigenvalue weighted by molar-refractivity contribution is 0.102. The molecule has 0 saturated carbocycles. The molecule has 0 spiro atoms. The zero-order valence-corrected chi connectivity index (χ0v) is 12.8. The topological polar surface area (TPSA) is 29.1 Å². The Morgan fingerprint density at radius 1 is 1.44 bits per heavy atom. The summed E-state index contributed by atoms with van der Waals surface area (Å²) in [5, 5.41) is 5.39. The summed E-state index contributed by atoms with van der Waals surface area (Å²) in [7, 11) is 0. The number of aryl methyl sites for hydroxylation is 1. The monoisotopic (exact) mass is 343 g/mol. The van der Waals surface area contributed by atoms with E-state index < -0.39 is 0 Å². The van der Waals surface area contributed by atoms with Crippen molar-refractivity contribution in [2.24, 2.45) is 0 Å². The van der Waals surface area contributed by atoms with Crippen LogP contribution in [0.1, 0.15) is 22.2 Å². The fourth-order valence-corrected chi connectivity index (χ4v) is 2.99. The molecule has 0 atom stereocenters. The first kappa shape index (κ1) is 13.6. The lowest BCUT2D eigenvalue weighted by Crippen LogP contribution is -2.12. The molecule has 1 amide bonds. The van der Waals surface area contributed by atoms with E-state index in [1.165, 1.54) is 11.3 Å². The molecule has 18 heavy (non-hydrogen) atoms. The highest BCUT2D eigenvalue weighted by Gasteiger charge is 2.13. The second-order valence-corrected chi connectivity index (χ2v) is 5.91. The molecule has 0 bridgehead atoms. The summed E-state index contributed by atoms with van der Waals surface area (Å²) in [6, 6.07) is 7.28. The molecule has 5 heteroatoms. The lowest BCUT2D eigenvalue weighted by Gasteiger charge is -2.07. The molecule has 2 nitrogen and oxygen atoms in total. The van der Waals surface area contributed by atoms with E-state index in [1.54, 1.807) is 12.1 Å². The standard InChI is InChI=1S/C13H11BrClNOS/c1-2-8-5-6-18-12(8)13(17)16-11-7-9(15)3-4-10(11)14/h3-7H,2H2,1H3,(H,16,17). The highest BCUT2D eigenvalue weighted by Crippen LogP contribution is 2.27. The average Bonchev–Trinajstić information content (AvgIpc) is 2.82. The zero-order chi connectivity index (χ0) is 13.1. The van der Waals surface area contributed by atoms with Gasteiger partial charge in [0.05, 0.1) is 10.6 Å². The summed E-state index contributed by atoms with van der Waals surface area (Å²) in [5.74, 6) is -0.0928. The SMILES string of the molecule is CCc1ccsc1C(=O)Nc1cc(Cl)ccc1Br. The minimum absolute atomic E-state index is 0.0928. The van der Waals surface area contributed by atoms with Gasteiger partial charge >= 0.3 is 0 Å². The van der Waals surface area contributed by atoms with E-state index >= 15 is 0 Å². The Morgan fingerprint density at radius 3 is 2.94 bits per heavy atom. The van der Waals surface area contributed by atoms with Gasteiger partial charge in [0.2, 0.25) is 0 Å². The Kier molecular flexibility index (Phi) is 4.43. The van der Waals surface area contributed by atoms with Crippen LogP contribution in [0.2, 0.25) is 5.02 Å². The van der Waals surface area contributed by atoms with Crippen molar-refractivity contribution >= 4 is 50.5 Å². The third-order valence-corrected chi connectivity index (χ3v) is 4.39. The van der Waals surface area contributed by atoms with E-state index in [1.807, 2.05) is 24.4 Å². The zero-order valence-electron chi connectivity index (χ0n) is 9.67. The highest BCUT2D eigenvalue weighted by molar-refractivity contribution is 9.10. The fraction of sp³-hybridized carbons (Fsp3) is 0.154. The number of carbonyl (C=O) groups excluding carboxylic acids is 1. The van der Waals surface area contributed by atoms with Crippen molar-refractivity contribution in [2.45, 2.75) is 13.3 Å². The van der Waals surface area contributed by atoms with Crippen molar-refractivity contribution < 1.29 is 4.79 Å². The number of amides is 1. The van der Waals surface area contributed by atoms with Gasteiger partial charge in [-0.1, -0.05) is 18.5 Å². The van der Waals surface area contributed by atoms with Gasteiger partial charge < -0.3 is 5.32 Å². The van der Waals surface area contributed by atoms with Gasteiger partial charge in [-0.15, -0.1) is 11.3 Å². The van der Waals surface area contributed by atoms with Crippen molar-refractivity contribution in [3.63, 3.8) is 0 Å². The van der Waals surface area contributed by atoms with Crippen LogP contribution < -0.4 is 5.32 Å². The maximum Gasteiger partial charge on any atom is 0.266 e. The number of anilines is 1. The summed E-state index contributed by atoms with van der Waals surface area (Å²) in [6.45, 7) is 2.04. The number of benzene rings is 1. The number of halogens is 2. The van der Waals surface area contributed by atoms with Crippen molar-refractivity contribution in [1.29, 1.82) is 0 Å². The summed E-state index contributed by atoms with van der Waals surface area (Å²) >= 11 is 10.8. The van der Waals surface area contributed by atoms with E-state index in [-0.39, 0.29) is 5.91 Å². The number of thiophene rings is 1. The molecule has 0 aliphatic rings. The number of rotatable bonds is 3. The summed E-state index contributed by atoms with van der Waals surface area (Å²) < 4.78 is 0.815. The van der Waals surface area contributed by atoms with Gasteiger partial charge in [0.25, 0.3) is 5.91 Å². The largest absolute Gasteiger partial charge is 0.320 e. The van der Waals surface area contributed by atoms with Crippen LogP contribution in [0.4, 0.5) is 5.69 Å². The molecule has 2 rings (SSSR count). The Labute approximate surface area is 123 Å². The quantitative estimate of drug-likeness (QED) is 0.836. The van der Waals surface area contributed by atoms with Gasteiger partial charge in [0, 0.05) is 9.50 Å². The number of hydrogen-bond donors (Lipinski definition) is 1. The number of carbonyl (C=O) groups is 1. The first-order chi connectivity index (χ1) is 8.61. The maximum atomic E-state index is 12.2. The van der Waals surface area contributed by atoms with Gasteiger partial charge in [0.15, 0.2) is 0 Å². The van der Waals surface area contributed by atoms with Crippen LogP contribution in [0.15, 0.2) is 34.1 Å². The molecular formula is C13H11BrClNOS. The fourth-order valence-electron chi connectivity index (χ4n) is 1.59. The molecule has 0 fully saturated rings. The Balaban J connectivity index is 2.24. The van der Waals surface area contributed by atoms with Gasteiger partial charge in [-0.25, -0.2) is 0 Å². The average molecular weight is 345 g/mol. The van der Waals surface area contributed by atoms with E-state index in [0.717, 1.165) is 21.3 Å². The minimum Gasteiger partial charge on any atom is -0.320 e. The lowest BCUT2D eigenvalue weighted by atomic mass is 10.2. The van der Waals surface area contributed by atoms with Crippen LogP contribution in [-0.2, 0) is 6.42 Å². The summed E-state index contributed by atoms with van der Waals surface area (Å²) in [5.41, 5.74) is 1.75. The van der Waals surface area contributed by atoms with Crippen molar-refractivity contribution in [1.82, 2.24) is 0 Å². The normalized spacial score (nSPS) is 10.4. The number of nitrogens with one attached hydrogen (secondary N) is 1. The Bertz CT molecular complexity index is 582. The molecule has 2 aromatic rings. The second kappa shape index (κ2) is 5.87. The Hall–Kier alpha value is -0.840. The third-order valence-electron chi connectivity index (χ3n) is 2.51. The predicted molar refractivity (Wildman–Crippen MR) is 80.8 cm³/mol. The van der Waals surface area contributed by atoms with Gasteiger partial charge in [-0.2, -0.15) is 0 Å². The minimum atomic E-state index is -0.0928. The molecule has 0 aliphatic carbocycles. The summed E-state index contributed by atoms with van der Waals surface area (Å²) in [6.07, 6.45) is 0.850. The maximum absolute atomic E-state index is 12.2. The molecule has 1 aromatic carbocycles. The van der Waals surface area contributed by atoms with Crippen molar-refractivity contribution in [3.8, 4) is 0 Å². The van der Waals surface area contributed by atoms with Crippen LogP contribution in [-0.4, -0.2) is 5.91 Å². The third kappa shape index (κ3) is 2.94. The van der Waals surface area contributed by atoms with Crippen LogP contribution in [0.25, 0.3) is 0 Å². The summed E-state index contributed by atoms with van der Waals surface area (Å²) in [4.78, 5) is 12.9. The van der Waals surface area contributed by atoms with Gasteiger partial charge in [0.1, 0.15) is 0 Å². The molecule has 1 heterocycles. The van der Waals surface area contributed by atoms with Crippen LogP contribution >= 0.6 is 38.9 Å². The first-order valence-corrected chi connectivity index (χ1v) is 7.49. The van der Waals surface area contributed by atoms with E-state index in [9.17, 15) is 4.79 Å². The molecule has 1 N–H and O–H groups in total. The van der Waals surface area contributed by atoms with Gasteiger partial charge in [-0.05, 0) is 57.6 Å². The second-order valence-electron chi connectivity index (χ2n) is 3.71. The van der Waals surface area contributed by atoms with Crippen LogP contribution in [0.5, 0.6) is 0 Å².